The number of benzene rings is 2. The molecule has 4 heteroatoms. The summed E-state index contributed by atoms with van der Waals surface area (Å²) < 4.78 is 0. The van der Waals surface area contributed by atoms with E-state index in [0.29, 0.717) is 0 Å². The molecular weight excluding hydrogens is 374 g/mol. The van der Waals surface area contributed by atoms with E-state index >= 15 is 0 Å². The maximum atomic E-state index is 5.02. The molecule has 2 aromatic heterocycles. The highest BCUT2D eigenvalue weighted by Crippen LogP contribution is 2.39. The summed E-state index contributed by atoms with van der Waals surface area (Å²) in [6.45, 7) is 4.28. The van der Waals surface area contributed by atoms with E-state index in [9.17, 15) is 0 Å². The van der Waals surface area contributed by atoms with Gasteiger partial charge in [-0.05, 0) is 73.9 Å². The second-order valence-electron chi connectivity index (χ2n) is 8.04. The van der Waals surface area contributed by atoms with Crippen molar-refractivity contribution in [2.24, 2.45) is 0 Å². The fourth-order valence-corrected chi connectivity index (χ4v) is 5.61. The predicted octanol–water partition coefficient (Wildman–Crippen LogP) is 6.52. The molecule has 3 nitrogen and oxygen atoms in total. The minimum atomic E-state index is 0.751. The molecular formula is C25H25N3S. The lowest BCUT2D eigenvalue weighted by Crippen LogP contribution is -2.04. The highest BCUT2D eigenvalue weighted by Gasteiger charge is 2.21. The van der Waals surface area contributed by atoms with Gasteiger partial charge in [0.1, 0.15) is 16.5 Å². The Hall–Kier alpha value is -2.72. The van der Waals surface area contributed by atoms with Crippen LogP contribution in [-0.4, -0.2) is 9.97 Å². The molecule has 146 valence electrons. The minimum absolute atomic E-state index is 0.751. The standard InChI is InChI=1S/C25H25N3S/c1-16-12-17(2)14-19(13-16)26-24-23-20-10-6-7-11-21(20)29-25(23)28-22(27-24)15-18-8-4-3-5-9-18/h3-5,8-9,12-14H,6-7,10-11,15H2,1-2H3,(H,26,27,28). The Morgan fingerprint density at radius 3 is 2.48 bits per heavy atom. The Kier molecular flexibility index (Phi) is 4.80. The molecule has 0 spiro atoms. The molecule has 2 aromatic carbocycles. The molecule has 29 heavy (non-hydrogen) atoms. The van der Waals surface area contributed by atoms with Gasteiger partial charge in [0.15, 0.2) is 0 Å². The van der Waals surface area contributed by atoms with Crippen molar-refractivity contribution >= 4 is 33.1 Å². The number of hydrogen-bond donors (Lipinski definition) is 1. The van der Waals surface area contributed by atoms with Crippen molar-refractivity contribution in [1.29, 1.82) is 0 Å². The first-order valence-electron chi connectivity index (χ1n) is 10.4. The second-order valence-corrected chi connectivity index (χ2v) is 9.13. The molecule has 0 fully saturated rings. The third kappa shape index (κ3) is 3.77. The van der Waals surface area contributed by atoms with E-state index in [2.05, 4.69) is 61.6 Å². The van der Waals surface area contributed by atoms with Crippen LogP contribution in [0, 0.1) is 13.8 Å². The van der Waals surface area contributed by atoms with Crippen LogP contribution in [0.3, 0.4) is 0 Å². The quantitative estimate of drug-likeness (QED) is 0.424. The van der Waals surface area contributed by atoms with E-state index in [1.54, 1.807) is 0 Å². The summed E-state index contributed by atoms with van der Waals surface area (Å²) >= 11 is 1.86. The first kappa shape index (κ1) is 18.3. The Bertz CT molecular complexity index is 1160. The molecule has 0 aliphatic heterocycles. The van der Waals surface area contributed by atoms with Crippen LogP contribution >= 0.6 is 11.3 Å². The van der Waals surface area contributed by atoms with Crippen molar-refractivity contribution in [2.45, 2.75) is 46.0 Å². The van der Waals surface area contributed by atoms with E-state index in [4.69, 9.17) is 9.97 Å². The number of rotatable bonds is 4. The molecule has 1 aliphatic rings. The molecule has 0 bridgehead atoms. The van der Waals surface area contributed by atoms with E-state index in [-0.39, 0.29) is 0 Å². The number of nitrogens with one attached hydrogen (secondary N) is 1. The van der Waals surface area contributed by atoms with Crippen molar-refractivity contribution in [1.82, 2.24) is 9.97 Å². The van der Waals surface area contributed by atoms with Gasteiger partial charge in [-0.15, -0.1) is 11.3 Å². The zero-order chi connectivity index (χ0) is 19.8. The van der Waals surface area contributed by atoms with Gasteiger partial charge in [0.2, 0.25) is 0 Å². The largest absolute Gasteiger partial charge is 0.340 e. The van der Waals surface area contributed by atoms with E-state index in [1.807, 2.05) is 17.4 Å². The summed E-state index contributed by atoms with van der Waals surface area (Å²) in [6, 6.07) is 17.1. The minimum Gasteiger partial charge on any atom is -0.340 e. The van der Waals surface area contributed by atoms with Gasteiger partial charge < -0.3 is 5.32 Å². The number of aryl methyl sites for hydroxylation is 4. The number of hydrogen-bond acceptors (Lipinski definition) is 4. The SMILES string of the molecule is Cc1cc(C)cc(Nc2nc(Cc3ccccc3)nc3sc4c(c23)CCCC4)c1. The van der Waals surface area contributed by atoms with Gasteiger partial charge in [-0.2, -0.15) is 0 Å². The van der Waals surface area contributed by atoms with E-state index in [0.717, 1.165) is 35.0 Å². The summed E-state index contributed by atoms with van der Waals surface area (Å²) in [5, 5.41) is 4.88. The average Bonchev–Trinajstić information content (AvgIpc) is 3.06. The monoisotopic (exact) mass is 399 g/mol. The molecule has 4 aromatic rings. The zero-order valence-electron chi connectivity index (χ0n) is 17.0. The van der Waals surface area contributed by atoms with Gasteiger partial charge in [0.05, 0.1) is 5.39 Å². The van der Waals surface area contributed by atoms with Crippen molar-refractivity contribution in [3.05, 3.63) is 81.5 Å². The van der Waals surface area contributed by atoms with Crippen molar-refractivity contribution < 1.29 is 0 Å². The summed E-state index contributed by atoms with van der Waals surface area (Å²) in [6.07, 6.45) is 5.60. The molecule has 0 amide bonds. The van der Waals surface area contributed by atoms with Gasteiger partial charge in [0, 0.05) is 17.0 Å². The third-order valence-electron chi connectivity index (χ3n) is 5.55. The van der Waals surface area contributed by atoms with Crippen LogP contribution in [0.1, 0.15) is 45.8 Å². The molecule has 1 N–H and O–H groups in total. The maximum Gasteiger partial charge on any atom is 0.143 e. The molecule has 0 saturated carbocycles. The first-order chi connectivity index (χ1) is 14.2. The number of nitrogens with zero attached hydrogens (tertiary/aromatic N) is 2. The third-order valence-corrected chi connectivity index (χ3v) is 6.74. The summed E-state index contributed by atoms with van der Waals surface area (Å²) in [4.78, 5) is 12.6. The Balaban J connectivity index is 1.63. The van der Waals surface area contributed by atoms with Gasteiger partial charge in [-0.1, -0.05) is 36.4 Å². The van der Waals surface area contributed by atoms with Gasteiger partial charge >= 0.3 is 0 Å². The van der Waals surface area contributed by atoms with E-state index < -0.39 is 0 Å². The summed E-state index contributed by atoms with van der Waals surface area (Å²) in [7, 11) is 0. The molecule has 0 atom stereocenters. The molecule has 2 heterocycles. The number of fused-ring (bicyclic) bond motifs is 3. The maximum absolute atomic E-state index is 5.02. The predicted molar refractivity (Wildman–Crippen MR) is 123 cm³/mol. The highest BCUT2D eigenvalue weighted by molar-refractivity contribution is 7.19. The topological polar surface area (TPSA) is 37.8 Å². The van der Waals surface area contributed by atoms with Crippen LogP contribution in [0.4, 0.5) is 11.5 Å². The molecule has 0 unspecified atom stereocenters. The molecule has 0 radical (unpaired) electrons. The number of aromatic nitrogens is 2. The van der Waals surface area contributed by atoms with E-state index in [1.165, 1.54) is 51.8 Å². The van der Waals surface area contributed by atoms with Gasteiger partial charge in [-0.3, -0.25) is 0 Å². The smallest absolute Gasteiger partial charge is 0.143 e. The van der Waals surface area contributed by atoms with Gasteiger partial charge in [-0.25, -0.2) is 9.97 Å². The normalized spacial score (nSPS) is 13.4. The number of anilines is 2. The van der Waals surface area contributed by atoms with Crippen LogP contribution in [0.5, 0.6) is 0 Å². The Labute approximate surface area is 175 Å². The fraction of sp³-hybridized carbons (Fsp3) is 0.280. The molecule has 0 saturated heterocycles. The van der Waals surface area contributed by atoms with Crippen LogP contribution in [0.25, 0.3) is 10.2 Å². The highest BCUT2D eigenvalue weighted by atomic mass is 32.1. The summed E-state index contributed by atoms with van der Waals surface area (Å²) in [5.41, 5.74) is 6.33. The molecule has 5 rings (SSSR count). The lowest BCUT2D eigenvalue weighted by molar-refractivity contribution is 0.700. The lowest BCUT2D eigenvalue weighted by Gasteiger charge is -2.14. The number of thiophene rings is 1. The summed E-state index contributed by atoms with van der Waals surface area (Å²) in [5.74, 6) is 1.85. The fourth-order valence-electron chi connectivity index (χ4n) is 4.33. The van der Waals surface area contributed by atoms with Crippen LogP contribution in [0.2, 0.25) is 0 Å². The Morgan fingerprint density at radius 2 is 1.69 bits per heavy atom. The zero-order valence-corrected chi connectivity index (χ0v) is 17.8. The first-order valence-corrected chi connectivity index (χ1v) is 11.2. The van der Waals surface area contributed by atoms with Crippen molar-refractivity contribution in [2.75, 3.05) is 5.32 Å². The average molecular weight is 400 g/mol. The Morgan fingerprint density at radius 1 is 0.931 bits per heavy atom. The van der Waals surface area contributed by atoms with Crippen LogP contribution in [0.15, 0.2) is 48.5 Å². The lowest BCUT2D eigenvalue weighted by atomic mass is 9.97. The molecule has 1 aliphatic carbocycles. The second kappa shape index (κ2) is 7.60. The van der Waals surface area contributed by atoms with Crippen molar-refractivity contribution in [3.8, 4) is 0 Å². The van der Waals surface area contributed by atoms with Crippen LogP contribution in [-0.2, 0) is 19.3 Å². The van der Waals surface area contributed by atoms with Gasteiger partial charge in [0.25, 0.3) is 0 Å². The van der Waals surface area contributed by atoms with Crippen molar-refractivity contribution in [3.63, 3.8) is 0 Å². The van der Waals surface area contributed by atoms with Crippen LogP contribution < -0.4 is 5.32 Å².